The molecule has 4 heterocycles. The van der Waals surface area contributed by atoms with Gasteiger partial charge in [-0.2, -0.15) is 0 Å². The average Bonchev–Trinajstić information content (AvgIpc) is 3.07. The summed E-state index contributed by atoms with van der Waals surface area (Å²) in [5, 5.41) is 2.88. The first-order valence-corrected chi connectivity index (χ1v) is 11.5. The molecule has 1 saturated heterocycles. The number of anilines is 1. The molecule has 0 radical (unpaired) electrons. The second-order valence-electron chi connectivity index (χ2n) is 7.50. The molecule has 0 N–H and O–H groups in total. The Balaban J connectivity index is 1.75. The van der Waals surface area contributed by atoms with E-state index in [0.717, 1.165) is 54.5 Å². The number of pyridine rings is 1. The molecule has 27 heavy (non-hydrogen) atoms. The van der Waals surface area contributed by atoms with Crippen molar-refractivity contribution in [1.29, 1.82) is 0 Å². The van der Waals surface area contributed by atoms with E-state index in [9.17, 15) is 0 Å². The highest BCUT2D eigenvalue weighted by Gasteiger charge is 2.26. The maximum atomic E-state index is 5.57. The molecule has 5 nitrogen and oxygen atoms in total. The standard InChI is InChI=1S/C20H24N4OS2/c1-12(2)26-20-17-16(21-11-22-20)15-13-5-3-4-6-14(13)18(23-19(15)27-17)24-7-9-25-10-8-24/h11-12H,3-10H2,1-2H3. The van der Waals surface area contributed by atoms with E-state index >= 15 is 0 Å². The Hall–Kier alpha value is -1.44. The summed E-state index contributed by atoms with van der Waals surface area (Å²) in [4.78, 5) is 18.0. The first-order valence-electron chi connectivity index (χ1n) is 9.80. The summed E-state index contributed by atoms with van der Waals surface area (Å²) < 4.78 is 6.77. The van der Waals surface area contributed by atoms with E-state index in [4.69, 9.17) is 14.7 Å². The lowest BCUT2D eigenvalue weighted by atomic mass is 9.90. The normalized spacial score (nSPS) is 17.8. The molecule has 5 rings (SSSR count). The van der Waals surface area contributed by atoms with Crippen LogP contribution in [0.4, 0.5) is 5.82 Å². The highest BCUT2D eigenvalue weighted by Crippen LogP contribution is 2.43. The smallest absolute Gasteiger partial charge is 0.133 e. The number of hydrogen-bond donors (Lipinski definition) is 0. The molecule has 1 aliphatic carbocycles. The molecule has 0 saturated carbocycles. The van der Waals surface area contributed by atoms with Gasteiger partial charge in [0.05, 0.1) is 23.4 Å². The number of aromatic nitrogens is 3. The summed E-state index contributed by atoms with van der Waals surface area (Å²) in [7, 11) is 0. The Morgan fingerprint density at radius 1 is 1.11 bits per heavy atom. The van der Waals surface area contributed by atoms with Gasteiger partial charge in [-0.3, -0.25) is 0 Å². The van der Waals surface area contributed by atoms with Crippen LogP contribution in [0.15, 0.2) is 11.4 Å². The van der Waals surface area contributed by atoms with Gasteiger partial charge in [0.15, 0.2) is 0 Å². The second-order valence-corrected chi connectivity index (χ2v) is 10.1. The van der Waals surface area contributed by atoms with E-state index in [-0.39, 0.29) is 0 Å². The van der Waals surface area contributed by atoms with Gasteiger partial charge in [-0.1, -0.05) is 13.8 Å². The van der Waals surface area contributed by atoms with Crippen LogP contribution in [0, 0.1) is 0 Å². The molecule has 142 valence electrons. The summed E-state index contributed by atoms with van der Waals surface area (Å²) in [5.74, 6) is 1.19. The monoisotopic (exact) mass is 400 g/mol. The number of hydrogen-bond acceptors (Lipinski definition) is 7. The highest BCUT2D eigenvalue weighted by molar-refractivity contribution is 8.00. The quantitative estimate of drug-likeness (QED) is 0.478. The number of rotatable bonds is 3. The van der Waals surface area contributed by atoms with Crippen LogP contribution < -0.4 is 4.90 Å². The maximum absolute atomic E-state index is 5.57. The van der Waals surface area contributed by atoms with Crippen LogP contribution in [-0.4, -0.2) is 46.5 Å². The van der Waals surface area contributed by atoms with Gasteiger partial charge in [0, 0.05) is 23.7 Å². The van der Waals surface area contributed by atoms with Crippen LogP contribution in [0.25, 0.3) is 20.4 Å². The molecule has 0 spiro atoms. The number of thioether (sulfide) groups is 1. The Kier molecular flexibility index (Phi) is 4.70. The third kappa shape index (κ3) is 3.09. The fourth-order valence-electron chi connectivity index (χ4n) is 4.16. The van der Waals surface area contributed by atoms with Gasteiger partial charge >= 0.3 is 0 Å². The third-order valence-corrected chi connectivity index (χ3v) is 7.54. The van der Waals surface area contributed by atoms with Gasteiger partial charge < -0.3 is 9.64 Å². The lowest BCUT2D eigenvalue weighted by Gasteiger charge is -2.31. The van der Waals surface area contributed by atoms with Crippen molar-refractivity contribution < 1.29 is 4.74 Å². The Morgan fingerprint density at radius 2 is 1.89 bits per heavy atom. The van der Waals surface area contributed by atoms with Crippen LogP contribution in [0.5, 0.6) is 0 Å². The van der Waals surface area contributed by atoms with E-state index in [2.05, 4.69) is 23.7 Å². The molecule has 3 aromatic rings. The van der Waals surface area contributed by atoms with E-state index in [1.165, 1.54) is 39.9 Å². The average molecular weight is 401 g/mol. The minimum Gasteiger partial charge on any atom is -0.378 e. The Bertz CT molecular complexity index is 995. The minimum atomic E-state index is 0.499. The molecular formula is C20H24N4OS2. The molecule has 3 aromatic heterocycles. The van der Waals surface area contributed by atoms with Gasteiger partial charge in [-0.05, 0) is 36.8 Å². The summed E-state index contributed by atoms with van der Waals surface area (Å²) in [6.07, 6.45) is 6.49. The molecule has 0 unspecified atom stereocenters. The number of morpholine rings is 1. The van der Waals surface area contributed by atoms with Crippen LogP contribution >= 0.6 is 23.1 Å². The number of ether oxygens (including phenoxy) is 1. The molecule has 0 atom stereocenters. The highest BCUT2D eigenvalue weighted by atomic mass is 32.2. The van der Waals surface area contributed by atoms with Crippen molar-refractivity contribution in [3.63, 3.8) is 0 Å². The van der Waals surface area contributed by atoms with Gasteiger partial charge in [-0.25, -0.2) is 15.0 Å². The van der Waals surface area contributed by atoms with Crippen molar-refractivity contribution in [2.45, 2.75) is 49.8 Å². The van der Waals surface area contributed by atoms with Crippen LogP contribution in [0.3, 0.4) is 0 Å². The molecule has 7 heteroatoms. The van der Waals surface area contributed by atoms with E-state index in [0.29, 0.717) is 5.25 Å². The maximum Gasteiger partial charge on any atom is 0.133 e. The lowest BCUT2D eigenvalue weighted by Crippen LogP contribution is -2.37. The van der Waals surface area contributed by atoms with Crippen LogP contribution in [0.1, 0.15) is 37.8 Å². The fourth-order valence-corrected chi connectivity index (χ4v) is 6.23. The topological polar surface area (TPSA) is 51.1 Å². The summed E-state index contributed by atoms with van der Waals surface area (Å²) in [6, 6.07) is 0. The number of aryl methyl sites for hydroxylation is 1. The SMILES string of the molecule is CC(C)Sc1ncnc2c1sc1nc(N3CCOCC3)c3c(c12)CCCC3. The zero-order chi connectivity index (χ0) is 18.4. The Labute approximate surface area is 167 Å². The largest absolute Gasteiger partial charge is 0.378 e. The number of thiophene rings is 1. The van der Waals surface area contributed by atoms with Crippen molar-refractivity contribution >= 4 is 49.3 Å². The summed E-state index contributed by atoms with van der Waals surface area (Å²) in [5.41, 5.74) is 4.04. The van der Waals surface area contributed by atoms with Crippen molar-refractivity contribution in [2.75, 3.05) is 31.2 Å². The van der Waals surface area contributed by atoms with Gasteiger partial charge in [0.1, 0.15) is 22.0 Å². The molecule has 0 bridgehead atoms. The van der Waals surface area contributed by atoms with Crippen LogP contribution in [0.2, 0.25) is 0 Å². The third-order valence-electron chi connectivity index (χ3n) is 5.33. The molecular weight excluding hydrogens is 376 g/mol. The minimum absolute atomic E-state index is 0.499. The zero-order valence-corrected chi connectivity index (χ0v) is 17.5. The van der Waals surface area contributed by atoms with Gasteiger partial charge in [-0.15, -0.1) is 23.1 Å². The molecule has 0 amide bonds. The molecule has 2 aliphatic rings. The summed E-state index contributed by atoms with van der Waals surface area (Å²) in [6.45, 7) is 7.88. The molecule has 0 aromatic carbocycles. The predicted octanol–water partition coefficient (Wildman–Crippen LogP) is 4.46. The van der Waals surface area contributed by atoms with E-state index < -0.39 is 0 Å². The number of nitrogens with zero attached hydrogens (tertiary/aromatic N) is 4. The summed E-state index contributed by atoms with van der Waals surface area (Å²) >= 11 is 3.58. The van der Waals surface area contributed by atoms with Gasteiger partial charge in [0.2, 0.25) is 0 Å². The first kappa shape index (κ1) is 17.6. The van der Waals surface area contributed by atoms with Crippen molar-refractivity contribution in [3.8, 4) is 0 Å². The lowest BCUT2D eigenvalue weighted by molar-refractivity contribution is 0.122. The zero-order valence-electron chi connectivity index (χ0n) is 15.8. The van der Waals surface area contributed by atoms with Crippen LogP contribution in [-0.2, 0) is 17.6 Å². The van der Waals surface area contributed by atoms with Crippen molar-refractivity contribution in [3.05, 3.63) is 17.5 Å². The number of fused-ring (bicyclic) bond motifs is 5. The molecule has 1 fully saturated rings. The van der Waals surface area contributed by atoms with E-state index in [1.807, 2.05) is 11.8 Å². The molecule has 1 aliphatic heterocycles. The second kappa shape index (κ2) is 7.18. The first-order chi connectivity index (χ1) is 13.2. The van der Waals surface area contributed by atoms with Crippen molar-refractivity contribution in [2.24, 2.45) is 0 Å². The fraction of sp³-hybridized carbons (Fsp3) is 0.550. The van der Waals surface area contributed by atoms with E-state index in [1.54, 1.807) is 17.7 Å². The van der Waals surface area contributed by atoms with Gasteiger partial charge in [0.25, 0.3) is 0 Å². The predicted molar refractivity (Wildman–Crippen MR) is 113 cm³/mol. The Morgan fingerprint density at radius 3 is 2.67 bits per heavy atom. The van der Waals surface area contributed by atoms with Crippen molar-refractivity contribution in [1.82, 2.24) is 15.0 Å².